The van der Waals surface area contributed by atoms with Gasteiger partial charge in [0.05, 0.1) is 0 Å². The number of thiocarbonyl (C=S) groups is 1. The van der Waals surface area contributed by atoms with Gasteiger partial charge in [-0.1, -0.05) is 18.2 Å². The molecule has 0 saturated heterocycles. The summed E-state index contributed by atoms with van der Waals surface area (Å²) in [5, 5.41) is 6.03. The van der Waals surface area contributed by atoms with Crippen molar-refractivity contribution in [3.8, 4) is 11.5 Å². The third-order valence-corrected chi connectivity index (χ3v) is 3.96. The second-order valence-electron chi connectivity index (χ2n) is 5.53. The summed E-state index contributed by atoms with van der Waals surface area (Å²) in [6.07, 6.45) is 0. The average molecular weight is 342 g/mol. The van der Waals surface area contributed by atoms with Crippen LogP contribution in [0.3, 0.4) is 0 Å². The van der Waals surface area contributed by atoms with Crippen molar-refractivity contribution in [3.05, 3.63) is 53.1 Å². The van der Waals surface area contributed by atoms with Crippen LogP contribution in [0.25, 0.3) is 0 Å². The van der Waals surface area contributed by atoms with Crippen LogP contribution < -0.4 is 20.1 Å². The molecular weight excluding hydrogens is 324 g/mol. The summed E-state index contributed by atoms with van der Waals surface area (Å²) in [6, 6.07) is 11.0. The quantitative estimate of drug-likeness (QED) is 0.821. The van der Waals surface area contributed by atoms with Gasteiger partial charge in [0.25, 0.3) is 5.91 Å². The Balaban J connectivity index is 1.69. The number of anilines is 1. The van der Waals surface area contributed by atoms with Gasteiger partial charge in [0.1, 0.15) is 13.2 Å². The van der Waals surface area contributed by atoms with Crippen molar-refractivity contribution < 1.29 is 14.3 Å². The standard InChI is InChI=1S/C18H18N2O3S/c1-11-4-3-5-12(2)16(11)19-18(24)20-17(21)13-6-7-14-15(10-13)23-9-8-22-14/h3-7,10H,8-9H2,1-2H3,(H2,19,20,21,24). The first kappa shape index (κ1) is 16.3. The summed E-state index contributed by atoms with van der Waals surface area (Å²) < 4.78 is 10.9. The SMILES string of the molecule is Cc1cccc(C)c1NC(=S)NC(=O)c1ccc2c(c1)OCCO2. The molecule has 1 aliphatic rings. The lowest BCUT2D eigenvalue weighted by molar-refractivity contribution is 0.0976. The Kier molecular flexibility index (Phi) is 4.66. The molecule has 6 heteroatoms. The van der Waals surface area contributed by atoms with Crippen LogP contribution in [0.15, 0.2) is 36.4 Å². The van der Waals surface area contributed by atoms with Crippen LogP contribution in [0.5, 0.6) is 11.5 Å². The number of nitrogens with one attached hydrogen (secondary N) is 2. The number of ether oxygens (including phenoxy) is 2. The molecule has 3 rings (SSSR count). The van der Waals surface area contributed by atoms with Gasteiger partial charge in [0, 0.05) is 11.3 Å². The van der Waals surface area contributed by atoms with Gasteiger partial charge in [-0.25, -0.2) is 0 Å². The maximum Gasteiger partial charge on any atom is 0.257 e. The highest BCUT2D eigenvalue weighted by molar-refractivity contribution is 7.80. The molecule has 24 heavy (non-hydrogen) atoms. The maximum atomic E-state index is 12.4. The van der Waals surface area contributed by atoms with E-state index in [9.17, 15) is 4.79 Å². The number of carbonyl (C=O) groups is 1. The largest absolute Gasteiger partial charge is 0.486 e. The summed E-state index contributed by atoms with van der Waals surface area (Å²) >= 11 is 5.25. The van der Waals surface area contributed by atoms with Crippen molar-refractivity contribution in [2.75, 3.05) is 18.5 Å². The summed E-state index contributed by atoms with van der Waals surface area (Å²) in [6.45, 7) is 4.97. The van der Waals surface area contributed by atoms with Crippen molar-refractivity contribution in [1.82, 2.24) is 5.32 Å². The van der Waals surface area contributed by atoms with Gasteiger partial charge in [0.2, 0.25) is 0 Å². The molecule has 1 heterocycles. The van der Waals surface area contributed by atoms with Crippen LogP contribution in [0.1, 0.15) is 21.5 Å². The van der Waals surface area contributed by atoms with Crippen LogP contribution in [-0.2, 0) is 0 Å². The number of carbonyl (C=O) groups excluding carboxylic acids is 1. The molecule has 0 atom stereocenters. The van der Waals surface area contributed by atoms with Crippen molar-refractivity contribution in [2.24, 2.45) is 0 Å². The third-order valence-electron chi connectivity index (χ3n) is 3.75. The second-order valence-corrected chi connectivity index (χ2v) is 5.94. The number of hydrogen-bond donors (Lipinski definition) is 2. The fourth-order valence-electron chi connectivity index (χ4n) is 2.52. The summed E-state index contributed by atoms with van der Waals surface area (Å²) in [5.41, 5.74) is 3.49. The van der Waals surface area contributed by atoms with Gasteiger partial charge in [-0.2, -0.15) is 0 Å². The number of benzene rings is 2. The predicted molar refractivity (Wildman–Crippen MR) is 97.0 cm³/mol. The highest BCUT2D eigenvalue weighted by Gasteiger charge is 2.16. The van der Waals surface area contributed by atoms with E-state index < -0.39 is 0 Å². The van der Waals surface area contributed by atoms with E-state index in [-0.39, 0.29) is 11.0 Å². The topological polar surface area (TPSA) is 59.6 Å². The van der Waals surface area contributed by atoms with E-state index in [0.29, 0.717) is 30.3 Å². The Labute approximate surface area is 146 Å². The molecule has 5 nitrogen and oxygen atoms in total. The summed E-state index contributed by atoms with van der Waals surface area (Å²) in [4.78, 5) is 12.4. The zero-order valence-corrected chi connectivity index (χ0v) is 14.3. The van der Waals surface area contributed by atoms with Gasteiger partial charge < -0.3 is 14.8 Å². The lowest BCUT2D eigenvalue weighted by atomic mass is 10.1. The summed E-state index contributed by atoms with van der Waals surface area (Å²) in [7, 11) is 0. The van der Waals surface area contributed by atoms with Crippen molar-refractivity contribution >= 4 is 28.9 Å². The first-order valence-corrected chi connectivity index (χ1v) is 8.03. The van der Waals surface area contributed by atoms with Crippen molar-refractivity contribution in [2.45, 2.75) is 13.8 Å². The van der Waals surface area contributed by atoms with E-state index >= 15 is 0 Å². The lowest BCUT2D eigenvalue weighted by Crippen LogP contribution is -2.34. The molecule has 0 aliphatic carbocycles. The van der Waals surface area contributed by atoms with E-state index in [1.54, 1.807) is 18.2 Å². The normalized spacial score (nSPS) is 12.4. The van der Waals surface area contributed by atoms with Gasteiger partial charge in [-0.3, -0.25) is 10.1 Å². The Morgan fingerprint density at radius 3 is 2.42 bits per heavy atom. The van der Waals surface area contributed by atoms with Crippen LogP contribution >= 0.6 is 12.2 Å². The fraction of sp³-hybridized carbons (Fsp3) is 0.222. The molecule has 0 aromatic heterocycles. The molecule has 0 saturated carbocycles. The highest BCUT2D eigenvalue weighted by Crippen LogP contribution is 2.30. The van der Waals surface area contributed by atoms with Crippen LogP contribution in [0.2, 0.25) is 0 Å². The number of aryl methyl sites for hydroxylation is 2. The predicted octanol–water partition coefficient (Wildman–Crippen LogP) is 3.20. The van der Waals surface area contributed by atoms with E-state index in [2.05, 4.69) is 10.6 Å². The smallest absolute Gasteiger partial charge is 0.257 e. The first-order chi connectivity index (χ1) is 11.5. The van der Waals surface area contributed by atoms with E-state index in [1.165, 1.54) is 0 Å². The minimum atomic E-state index is -0.296. The van der Waals surface area contributed by atoms with Gasteiger partial charge in [-0.05, 0) is 55.4 Å². The van der Waals surface area contributed by atoms with Crippen LogP contribution in [-0.4, -0.2) is 24.2 Å². The van der Waals surface area contributed by atoms with Crippen LogP contribution in [0, 0.1) is 13.8 Å². The zero-order chi connectivity index (χ0) is 17.1. The molecule has 2 aromatic rings. The maximum absolute atomic E-state index is 12.4. The number of amides is 1. The number of para-hydroxylation sites is 1. The molecule has 2 N–H and O–H groups in total. The van der Waals surface area contributed by atoms with E-state index in [1.807, 2.05) is 32.0 Å². The Morgan fingerprint density at radius 1 is 1.04 bits per heavy atom. The highest BCUT2D eigenvalue weighted by atomic mass is 32.1. The summed E-state index contributed by atoms with van der Waals surface area (Å²) in [5.74, 6) is 0.923. The number of hydrogen-bond acceptors (Lipinski definition) is 4. The molecule has 1 amide bonds. The molecule has 0 unspecified atom stereocenters. The molecule has 0 fully saturated rings. The third kappa shape index (κ3) is 3.49. The molecular formula is C18H18N2O3S. The Bertz CT molecular complexity index is 785. The minimum absolute atomic E-state index is 0.257. The first-order valence-electron chi connectivity index (χ1n) is 7.63. The number of rotatable bonds is 2. The monoisotopic (exact) mass is 342 g/mol. The van der Waals surface area contributed by atoms with Gasteiger partial charge in [0.15, 0.2) is 16.6 Å². The number of fused-ring (bicyclic) bond motifs is 1. The molecule has 0 bridgehead atoms. The Hall–Kier alpha value is -2.60. The molecule has 0 spiro atoms. The Morgan fingerprint density at radius 2 is 1.71 bits per heavy atom. The molecule has 124 valence electrons. The van der Waals surface area contributed by atoms with E-state index in [0.717, 1.165) is 16.8 Å². The average Bonchev–Trinajstić information content (AvgIpc) is 2.58. The second kappa shape index (κ2) is 6.88. The van der Waals surface area contributed by atoms with Crippen molar-refractivity contribution in [1.29, 1.82) is 0 Å². The fourth-order valence-corrected chi connectivity index (χ4v) is 2.71. The van der Waals surface area contributed by atoms with E-state index in [4.69, 9.17) is 21.7 Å². The van der Waals surface area contributed by atoms with Gasteiger partial charge >= 0.3 is 0 Å². The van der Waals surface area contributed by atoms with Crippen LogP contribution in [0.4, 0.5) is 5.69 Å². The lowest BCUT2D eigenvalue weighted by Gasteiger charge is -2.19. The minimum Gasteiger partial charge on any atom is -0.486 e. The van der Waals surface area contributed by atoms with Gasteiger partial charge in [-0.15, -0.1) is 0 Å². The zero-order valence-electron chi connectivity index (χ0n) is 13.5. The molecule has 1 aliphatic heterocycles. The molecule has 0 radical (unpaired) electrons. The molecule has 2 aromatic carbocycles. The van der Waals surface area contributed by atoms with Crippen molar-refractivity contribution in [3.63, 3.8) is 0 Å².